The van der Waals surface area contributed by atoms with E-state index in [0.717, 1.165) is 39.9 Å². The minimum Gasteiger partial charge on any atom is -0.488 e. The third kappa shape index (κ3) is 2.75. The number of anilines is 1. The molecule has 0 bridgehead atoms. The third-order valence-corrected chi connectivity index (χ3v) is 5.04. The Hall–Kier alpha value is -2.07. The molecule has 1 N–H and O–H groups in total. The highest BCUT2D eigenvalue weighted by Gasteiger charge is 2.27. The first kappa shape index (κ1) is 15.5. The maximum Gasteiger partial charge on any atom is 0.256 e. The summed E-state index contributed by atoms with van der Waals surface area (Å²) in [5.74, 6) is 0.894. The monoisotopic (exact) mass is 383 g/mol. The number of aryl methyl sites for hydroxylation is 1. The molecule has 122 valence electrons. The maximum atomic E-state index is 12.3. The number of amides is 1. The molecule has 0 aromatic heterocycles. The second kappa shape index (κ2) is 5.49. The highest BCUT2D eigenvalue weighted by atomic mass is 79.9. The molecule has 2 heterocycles. The van der Waals surface area contributed by atoms with Gasteiger partial charge in [-0.2, -0.15) is 0 Å². The summed E-state index contributed by atoms with van der Waals surface area (Å²) in [5, 5.41) is 2.92. The summed E-state index contributed by atoms with van der Waals surface area (Å²) in [4.78, 5) is 12.3. The van der Waals surface area contributed by atoms with Crippen molar-refractivity contribution < 1.29 is 9.53 Å². The van der Waals surface area contributed by atoms with Crippen molar-refractivity contribution in [2.45, 2.75) is 32.3 Å². The Morgan fingerprint density at radius 2 is 2.04 bits per heavy atom. The van der Waals surface area contributed by atoms with E-state index in [-0.39, 0.29) is 11.5 Å². The number of hydrogen-bond acceptors (Lipinski definition) is 2. The van der Waals surface area contributed by atoms with Gasteiger partial charge in [-0.15, -0.1) is 0 Å². The van der Waals surface area contributed by atoms with Crippen molar-refractivity contribution in [3.63, 3.8) is 0 Å². The fourth-order valence-electron chi connectivity index (χ4n) is 3.24. The van der Waals surface area contributed by atoms with Crippen LogP contribution in [-0.2, 0) is 11.2 Å². The summed E-state index contributed by atoms with van der Waals surface area (Å²) in [5.41, 5.74) is 4.61. The number of carbonyl (C=O) groups excluding carboxylic acids is 1. The second-order valence-electron chi connectivity index (χ2n) is 6.93. The smallest absolute Gasteiger partial charge is 0.256 e. The molecule has 2 aliphatic rings. The summed E-state index contributed by atoms with van der Waals surface area (Å²) in [6, 6.07) is 12.0. The van der Waals surface area contributed by atoms with E-state index in [9.17, 15) is 4.79 Å². The Kier molecular flexibility index (Phi) is 3.53. The minimum atomic E-state index is -0.108. The average Bonchev–Trinajstić information content (AvgIpc) is 2.82. The first-order valence-corrected chi connectivity index (χ1v) is 8.85. The maximum absolute atomic E-state index is 12.3. The molecule has 2 aromatic rings. The molecule has 0 saturated heterocycles. The Morgan fingerprint density at radius 1 is 1.21 bits per heavy atom. The van der Waals surface area contributed by atoms with E-state index >= 15 is 0 Å². The molecule has 4 heteroatoms. The van der Waals surface area contributed by atoms with Crippen LogP contribution in [0.5, 0.6) is 5.75 Å². The highest BCUT2D eigenvalue weighted by molar-refractivity contribution is 9.10. The number of carbonyl (C=O) groups is 1. The van der Waals surface area contributed by atoms with Gasteiger partial charge in [-0.05, 0) is 74.2 Å². The number of benzene rings is 2. The van der Waals surface area contributed by atoms with Crippen molar-refractivity contribution in [1.29, 1.82) is 0 Å². The van der Waals surface area contributed by atoms with Crippen LogP contribution < -0.4 is 10.1 Å². The van der Waals surface area contributed by atoms with Crippen LogP contribution in [0.4, 0.5) is 5.69 Å². The fourth-order valence-corrected chi connectivity index (χ4v) is 3.60. The molecule has 4 rings (SSSR count). The second-order valence-corrected chi connectivity index (χ2v) is 7.85. The molecule has 0 atom stereocenters. The molecular weight excluding hydrogens is 366 g/mol. The van der Waals surface area contributed by atoms with Crippen molar-refractivity contribution >= 4 is 39.2 Å². The van der Waals surface area contributed by atoms with Crippen LogP contribution in [0.15, 0.2) is 40.9 Å². The molecule has 0 spiro atoms. The molecule has 0 aliphatic carbocycles. The molecule has 3 nitrogen and oxygen atoms in total. The Balaban J connectivity index is 1.73. The van der Waals surface area contributed by atoms with E-state index in [0.29, 0.717) is 5.57 Å². The van der Waals surface area contributed by atoms with Crippen molar-refractivity contribution in [1.82, 2.24) is 0 Å². The van der Waals surface area contributed by atoms with E-state index in [2.05, 4.69) is 41.2 Å². The van der Waals surface area contributed by atoms with E-state index in [4.69, 9.17) is 4.74 Å². The van der Waals surface area contributed by atoms with Crippen LogP contribution in [0, 0.1) is 0 Å². The molecule has 24 heavy (non-hydrogen) atoms. The van der Waals surface area contributed by atoms with Crippen LogP contribution in [0.1, 0.15) is 37.0 Å². The van der Waals surface area contributed by atoms with E-state index in [1.54, 1.807) is 0 Å². The quantitative estimate of drug-likeness (QED) is 0.700. The van der Waals surface area contributed by atoms with Gasteiger partial charge in [0.1, 0.15) is 11.4 Å². The van der Waals surface area contributed by atoms with Crippen molar-refractivity contribution in [3.05, 3.63) is 57.6 Å². The zero-order chi connectivity index (χ0) is 16.9. The normalized spacial score (nSPS) is 19.5. The number of nitrogens with one attached hydrogen (secondary N) is 1. The van der Waals surface area contributed by atoms with Gasteiger partial charge < -0.3 is 10.1 Å². The summed E-state index contributed by atoms with van der Waals surface area (Å²) >= 11 is 3.47. The molecular formula is C20H18BrNO2. The Bertz CT molecular complexity index is 883. The highest BCUT2D eigenvalue weighted by Crippen LogP contribution is 2.37. The Labute approximate surface area is 149 Å². The lowest BCUT2D eigenvalue weighted by atomic mass is 9.93. The number of ether oxygens (including phenoxy) is 1. The van der Waals surface area contributed by atoms with E-state index < -0.39 is 0 Å². The molecule has 0 unspecified atom stereocenters. The topological polar surface area (TPSA) is 38.3 Å². The van der Waals surface area contributed by atoms with Crippen molar-refractivity contribution in [2.24, 2.45) is 0 Å². The number of hydrogen-bond donors (Lipinski definition) is 1. The van der Waals surface area contributed by atoms with Gasteiger partial charge in [0.15, 0.2) is 0 Å². The van der Waals surface area contributed by atoms with Gasteiger partial charge in [-0.1, -0.05) is 22.0 Å². The van der Waals surface area contributed by atoms with Crippen molar-refractivity contribution in [3.8, 4) is 5.75 Å². The van der Waals surface area contributed by atoms with Gasteiger partial charge in [0.05, 0.1) is 0 Å². The van der Waals surface area contributed by atoms with E-state index in [1.165, 1.54) is 5.56 Å². The number of fused-ring (bicyclic) bond motifs is 2. The molecule has 2 aromatic carbocycles. The standard InChI is InChI=1S/C20H18BrNO2/c1-20(2)8-7-13-9-12(3-6-18(13)24-20)10-16-15-11-14(21)4-5-17(15)22-19(16)23/h3-6,9-11H,7-8H2,1-2H3,(H,22,23)/b16-10-. The van der Waals surface area contributed by atoms with Crippen molar-refractivity contribution in [2.75, 3.05) is 5.32 Å². The lowest BCUT2D eigenvalue weighted by Crippen LogP contribution is -2.32. The zero-order valence-corrected chi connectivity index (χ0v) is 15.2. The Morgan fingerprint density at radius 3 is 2.88 bits per heavy atom. The number of halogens is 1. The molecule has 1 amide bonds. The molecule has 0 fully saturated rings. The fraction of sp³-hybridized carbons (Fsp3) is 0.250. The zero-order valence-electron chi connectivity index (χ0n) is 13.7. The van der Waals surface area contributed by atoms with Crippen LogP contribution >= 0.6 is 15.9 Å². The van der Waals surface area contributed by atoms with Gasteiger partial charge in [-0.25, -0.2) is 0 Å². The van der Waals surface area contributed by atoms with Crippen LogP contribution in [-0.4, -0.2) is 11.5 Å². The van der Waals surface area contributed by atoms with Gasteiger partial charge in [-0.3, -0.25) is 4.79 Å². The third-order valence-electron chi connectivity index (χ3n) is 4.54. The van der Waals surface area contributed by atoms with Crippen LogP contribution in [0.2, 0.25) is 0 Å². The number of rotatable bonds is 1. The molecule has 2 aliphatic heterocycles. The van der Waals surface area contributed by atoms with Gasteiger partial charge in [0.2, 0.25) is 0 Å². The van der Waals surface area contributed by atoms with Gasteiger partial charge in [0.25, 0.3) is 5.91 Å². The van der Waals surface area contributed by atoms with E-state index in [1.807, 2.05) is 36.4 Å². The molecule has 0 saturated carbocycles. The summed E-state index contributed by atoms with van der Waals surface area (Å²) in [6.45, 7) is 4.23. The van der Waals surface area contributed by atoms with Gasteiger partial charge >= 0.3 is 0 Å². The predicted molar refractivity (Wildman–Crippen MR) is 100 cm³/mol. The SMILES string of the molecule is CC1(C)CCc2cc(/C=C3\C(=O)Nc4ccc(Br)cc43)ccc2O1. The predicted octanol–water partition coefficient (Wildman–Crippen LogP) is 5.05. The van der Waals surface area contributed by atoms with Gasteiger partial charge in [0, 0.05) is 21.3 Å². The summed E-state index contributed by atoms with van der Waals surface area (Å²) in [7, 11) is 0. The van der Waals surface area contributed by atoms with Crippen LogP contribution in [0.25, 0.3) is 11.6 Å². The minimum absolute atomic E-state index is 0.0572. The van der Waals surface area contributed by atoms with Crippen LogP contribution in [0.3, 0.4) is 0 Å². The largest absolute Gasteiger partial charge is 0.488 e. The average molecular weight is 384 g/mol. The lowest BCUT2D eigenvalue weighted by Gasteiger charge is -2.32. The molecule has 0 radical (unpaired) electrons. The first-order valence-electron chi connectivity index (χ1n) is 8.06. The summed E-state index contributed by atoms with van der Waals surface area (Å²) in [6.07, 6.45) is 3.94. The lowest BCUT2D eigenvalue weighted by molar-refractivity contribution is -0.110. The summed E-state index contributed by atoms with van der Waals surface area (Å²) < 4.78 is 6.99. The first-order chi connectivity index (χ1) is 11.4.